The van der Waals surface area contributed by atoms with E-state index in [9.17, 15) is 0 Å². The van der Waals surface area contributed by atoms with Crippen molar-refractivity contribution in [2.24, 2.45) is 10.7 Å². The van der Waals surface area contributed by atoms with Crippen LogP contribution in [0.15, 0.2) is 29.3 Å². The van der Waals surface area contributed by atoms with Crippen LogP contribution >= 0.6 is 24.0 Å². The molecule has 1 aliphatic rings. The third kappa shape index (κ3) is 5.04. The van der Waals surface area contributed by atoms with Crippen molar-refractivity contribution >= 4 is 35.6 Å². The molecular formula is C17H29IN4. The summed E-state index contributed by atoms with van der Waals surface area (Å²) in [5, 5.41) is 0. The molecule has 1 saturated heterocycles. The number of nitrogens with two attached hydrogens (primary N) is 1. The Morgan fingerprint density at radius 2 is 1.77 bits per heavy atom. The number of anilines is 1. The Hall–Kier alpha value is -0.980. The van der Waals surface area contributed by atoms with Crippen molar-refractivity contribution in [3.05, 3.63) is 29.8 Å². The van der Waals surface area contributed by atoms with Crippen LogP contribution in [-0.2, 0) is 6.54 Å². The quantitative estimate of drug-likeness (QED) is 0.454. The number of hydrogen-bond donors (Lipinski definition) is 1. The number of guanidine groups is 1. The number of hydrogen-bond acceptors (Lipinski definition) is 2. The third-order valence-electron chi connectivity index (χ3n) is 4.19. The molecule has 5 heteroatoms. The van der Waals surface area contributed by atoms with Gasteiger partial charge in [0.15, 0.2) is 5.96 Å². The van der Waals surface area contributed by atoms with Gasteiger partial charge in [0, 0.05) is 31.9 Å². The summed E-state index contributed by atoms with van der Waals surface area (Å²) in [7, 11) is 0. The van der Waals surface area contributed by atoms with Gasteiger partial charge in [-0.15, -0.1) is 24.0 Å². The largest absolute Gasteiger partial charge is 0.371 e. The Balaban J connectivity index is 0.00000242. The number of benzene rings is 1. The molecule has 0 saturated carbocycles. The molecule has 0 amide bonds. The highest BCUT2D eigenvalue weighted by Crippen LogP contribution is 2.24. The maximum atomic E-state index is 6.08. The minimum absolute atomic E-state index is 0. The molecule has 0 aliphatic carbocycles. The zero-order chi connectivity index (χ0) is 15.1. The topological polar surface area (TPSA) is 44.9 Å². The lowest BCUT2D eigenvalue weighted by Gasteiger charge is -2.30. The van der Waals surface area contributed by atoms with Crippen LogP contribution in [-0.4, -0.2) is 37.0 Å². The number of halogens is 1. The van der Waals surface area contributed by atoms with E-state index in [4.69, 9.17) is 5.73 Å². The molecule has 1 aromatic carbocycles. The Kier molecular flexibility index (Phi) is 8.60. The summed E-state index contributed by atoms with van der Waals surface area (Å²) in [5.41, 5.74) is 8.68. The fraction of sp³-hybridized carbons (Fsp3) is 0.588. The summed E-state index contributed by atoms with van der Waals surface area (Å²) in [4.78, 5) is 9.16. The standard InChI is InChI=1S/C17H28N4.HI/c1-3-20(4-2)17(18)19-14-15-10-6-7-11-16(15)21-12-8-5-9-13-21;/h6-7,10-11H,3-5,8-9,12-14H2,1-2H3,(H2,18,19);1H. The van der Waals surface area contributed by atoms with Crippen molar-refractivity contribution in [3.63, 3.8) is 0 Å². The van der Waals surface area contributed by atoms with E-state index in [-0.39, 0.29) is 24.0 Å². The molecule has 0 unspecified atom stereocenters. The number of para-hydroxylation sites is 1. The third-order valence-corrected chi connectivity index (χ3v) is 4.19. The summed E-state index contributed by atoms with van der Waals surface area (Å²) in [6.07, 6.45) is 3.93. The summed E-state index contributed by atoms with van der Waals surface area (Å²) in [6.45, 7) is 8.99. The van der Waals surface area contributed by atoms with Crippen LogP contribution in [0.5, 0.6) is 0 Å². The molecule has 1 aliphatic heterocycles. The summed E-state index contributed by atoms with van der Waals surface area (Å²) < 4.78 is 0. The second-order valence-electron chi connectivity index (χ2n) is 5.52. The van der Waals surface area contributed by atoms with Gasteiger partial charge in [-0.25, -0.2) is 4.99 Å². The van der Waals surface area contributed by atoms with Crippen molar-refractivity contribution in [1.82, 2.24) is 4.90 Å². The van der Waals surface area contributed by atoms with Crippen LogP contribution < -0.4 is 10.6 Å². The first-order chi connectivity index (χ1) is 10.3. The van der Waals surface area contributed by atoms with Gasteiger partial charge in [-0.3, -0.25) is 0 Å². The molecule has 1 fully saturated rings. The summed E-state index contributed by atoms with van der Waals surface area (Å²) >= 11 is 0. The van der Waals surface area contributed by atoms with Crippen LogP contribution in [0.3, 0.4) is 0 Å². The highest BCUT2D eigenvalue weighted by atomic mass is 127. The molecule has 1 heterocycles. The van der Waals surface area contributed by atoms with E-state index >= 15 is 0 Å². The van der Waals surface area contributed by atoms with Crippen LogP contribution in [0, 0.1) is 0 Å². The molecule has 0 spiro atoms. The molecule has 124 valence electrons. The highest BCUT2D eigenvalue weighted by molar-refractivity contribution is 14.0. The van der Waals surface area contributed by atoms with E-state index in [1.54, 1.807) is 0 Å². The van der Waals surface area contributed by atoms with E-state index in [0.29, 0.717) is 12.5 Å². The van der Waals surface area contributed by atoms with E-state index in [1.807, 2.05) is 0 Å². The lowest BCUT2D eigenvalue weighted by molar-refractivity contribution is 0.458. The predicted octanol–water partition coefficient (Wildman–Crippen LogP) is 3.45. The first-order valence-corrected chi connectivity index (χ1v) is 8.14. The van der Waals surface area contributed by atoms with Crippen molar-refractivity contribution < 1.29 is 0 Å². The van der Waals surface area contributed by atoms with E-state index in [1.165, 1.54) is 30.5 Å². The number of piperidine rings is 1. The van der Waals surface area contributed by atoms with Gasteiger partial charge < -0.3 is 15.5 Å². The van der Waals surface area contributed by atoms with Gasteiger partial charge in [0.05, 0.1) is 6.54 Å². The zero-order valence-electron chi connectivity index (χ0n) is 13.8. The lowest BCUT2D eigenvalue weighted by Crippen LogP contribution is -2.37. The van der Waals surface area contributed by atoms with Crippen molar-refractivity contribution in [1.29, 1.82) is 0 Å². The maximum absolute atomic E-state index is 6.08. The average molecular weight is 416 g/mol. The number of nitrogens with zero attached hydrogens (tertiary/aromatic N) is 3. The van der Waals surface area contributed by atoms with Crippen molar-refractivity contribution in [2.45, 2.75) is 39.7 Å². The summed E-state index contributed by atoms with van der Waals surface area (Å²) in [5.74, 6) is 0.647. The van der Waals surface area contributed by atoms with E-state index < -0.39 is 0 Å². The zero-order valence-corrected chi connectivity index (χ0v) is 16.1. The average Bonchev–Trinajstić information content (AvgIpc) is 2.55. The molecule has 2 N–H and O–H groups in total. The Morgan fingerprint density at radius 1 is 1.14 bits per heavy atom. The minimum atomic E-state index is 0. The fourth-order valence-electron chi connectivity index (χ4n) is 2.90. The van der Waals surface area contributed by atoms with Gasteiger partial charge >= 0.3 is 0 Å². The van der Waals surface area contributed by atoms with Crippen LogP contribution in [0.1, 0.15) is 38.7 Å². The molecule has 0 radical (unpaired) electrons. The van der Waals surface area contributed by atoms with Crippen LogP contribution in [0.4, 0.5) is 5.69 Å². The second kappa shape index (κ2) is 9.92. The Bertz CT molecular complexity index is 465. The fourth-order valence-corrected chi connectivity index (χ4v) is 2.90. The monoisotopic (exact) mass is 416 g/mol. The minimum Gasteiger partial charge on any atom is -0.371 e. The Morgan fingerprint density at radius 3 is 2.41 bits per heavy atom. The van der Waals surface area contributed by atoms with E-state index in [2.05, 4.69) is 52.9 Å². The van der Waals surface area contributed by atoms with Gasteiger partial charge in [-0.2, -0.15) is 0 Å². The van der Waals surface area contributed by atoms with Gasteiger partial charge in [-0.1, -0.05) is 18.2 Å². The van der Waals surface area contributed by atoms with Gasteiger partial charge in [0.1, 0.15) is 0 Å². The normalized spacial score (nSPS) is 15.4. The van der Waals surface area contributed by atoms with Crippen molar-refractivity contribution in [2.75, 3.05) is 31.1 Å². The van der Waals surface area contributed by atoms with Crippen LogP contribution in [0.2, 0.25) is 0 Å². The molecule has 2 rings (SSSR count). The highest BCUT2D eigenvalue weighted by Gasteiger charge is 2.14. The Labute approximate surface area is 151 Å². The number of rotatable bonds is 5. The molecule has 22 heavy (non-hydrogen) atoms. The molecule has 1 aromatic rings. The molecule has 4 nitrogen and oxygen atoms in total. The SMILES string of the molecule is CCN(CC)C(N)=NCc1ccccc1N1CCCCC1.I. The van der Waals surface area contributed by atoms with Gasteiger partial charge in [0.25, 0.3) is 0 Å². The predicted molar refractivity (Wildman–Crippen MR) is 106 cm³/mol. The summed E-state index contributed by atoms with van der Waals surface area (Å²) in [6, 6.07) is 8.59. The molecule has 0 aromatic heterocycles. The lowest BCUT2D eigenvalue weighted by atomic mass is 10.1. The smallest absolute Gasteiger partial charge is 0.191 e. The molecule has 0 atom stereocenters. The molecular weight excluding hydrogens is 387 g/mol. The van der Waals surface area contributed by atoms with Gasteiger partial charge in [-0.05, 0) is 44.7 Å². The second-order valence-corrected chi connectivity index (χ2v) is 5.52. The first-order valence-electron chi connectivity index (χ1n) is 8.14. The van der Waals surface area contributed by atoms with Crippen LogP contribution in [0.25, 0.3) is 0 Å². The maximum Gasteiger partial charge on any atom is 0.191 e. The number of aliphatic imine (C=N–C) groups is 1. The van der Waals surface area contributed by atoms with Crippen molar-refractivity contribution in [3.8, 4) is 0 Å². The van der Waals surface area contributed by atoms with Gasteiger partial charge in [0.2, 0.25) is 0 Å². The molecule has 0 bridgehead atoms. The first kappa shape index (κ1) is 19.1. The van der Waals surface area contributed by atoms with E-state index in [0.717, 1.165) is 26.2 Å².